The smallest absolute Gasteiger partial charge is 0.268 e. The molecule has 1 heterocycles. The van der Waals surface area contributed by atoms with E-state index < -0.39 is 0 Å². The molecule has 2 amide bonds. The summed E-state index contributed by atoms with van der Waals surface area (Å²) in [5.74, 6) is 0.0442. The molecule has 1 aliphatic rings. The van der Waals surface area contributed by atoms with Gasteiger partial charge in [-0.1, -0.05) is 32.0 Å². The topological polar surface area (TPSA) is 55.8 Å². The number of ether oxygens (including phenoxy) is 2. The normalized spacial score (nSPS) is 15.1. The predicted molar refractivity (Wildman–Crippen MR) is 100 cm³/mol. The molecular formula is C19H25NO4S. The monoisotopic (exact) mass is 363 g/mol. The summed E-state index contributed by atoms with van der Waals surface area (Å²) >= 11 is 1.41. The minimum absolute atomic E-state index is 0.0546. The van der Waals surface area contributed by atoms with Crippen LogP contribution in [-0.2, 0) is 14.3 Å². The van der Waals surface area contributed by atoms with Crippen LogP contribution in [0.5, 0.6) is 5.75 Å². The lowest BCUT2D eigenvalue weighted by molar-refractivity contribution is -0.137. The van der Waals surface area contributed by atoms with E-state index in [-0.39, 0.29) is 29.7 Å². The summed E-state index contributed by atoms with van der Waals surface area (Å²) in [5, 5.41) is 0.184. The Kier molecular flexibility index (Phi) is 6.67. The Bertz CT molecular complexity index is 682. The van der Waals surface area contributed by atoms with Crippen LogP contribution in [0.1, 0.15) is 33.3 Å². The van der Waals surface area contributed by atoms with Crippen molar-refractivity contribution in [1.29, 1.82) is 0 Å². The highest BCUT2D eigenvalue weighted by atomic mass is 32.2. The Morgan fingerprint density at radius 2 is 1.76 bits per heavy atom. The highest BCUT2D eigenvalue weighted by Gasteiger charge is 2.40. The molecule has 6 heteroatoms. The van der Waals surface area contributed by atoms with Crippen molar-refractivity contribution in [2.24, 2.45) is 0 Å². The molecule has 0 saturated carbocycles. The number of methoxy groups -OCH3 is 1. The van der Waals surface area contributed by atoms with Crippen molar-refractivity contribution in [3.8, 4) is 5.75 Å². The van der Waals surface area contributed by atoms with Crippen LogP contribution in [-0.4, -0.2) is 48.3 Å². The molecule has 0 fully saturated rings. The maximum atomic E-state index is 13.0. The van der Waals surface area contributed by atoms with E-state index >= 15 is 0 Å². The van der Waals surface area contributed by atoms with Gasteiger partial charge in [-0.3, -0.25) is 14.5 Å². The first kappa shape index (κ1) is 19.5. The van der Waals surface area contributed by atoms with Gasteiger partial charge in [0.2, 0.25) is 0 Å². The third kappa shape index (κ3) is 4.44. The summed E-state index contributed by atoms with van der Waals surface area (Å²) in [6.45, 7) is 8.42. The molecule has 136 valence electrons. The molecule has 0 unspecified atom stereocenters. The maximum absolute atomic E-state index is 13.0. The fourth-order valence-electron chi connectivity index (χ4n) is 2.57. The first-order valence-corrected chi connectivity index (χ1v) is 9.26. The fourth-order valence-corrected chi connectivity index (χ4v) is 3.57. The van der Waals surface area contributed by atoms with Crippen LogP contribution in [0.25, 0.3) is 5.57 Å². The summed E-state index contributed by atoms with van der Waals surface area (Å²) < 4.78 is 10.9. The van der Waals surface area contributed by atoms with Crippen molar-refractivity contribution in [3.63, 3.8) is 0 Å². The van der Waals surface area contributed by atoms with Gasteiger partial charge in [-0.25, -0.2) is 0 Å². The van der Waals surface area contributed by atoms with Crippen LogP contribution in [0.3, 0.4) is 0 Å². The molecule has 0 atom stereocenters. The Hall–Kier alpha value is -1.79. The highest BCUT2D eigenvalue weighted by Crippen LogP contribution is 2.40. The van der Waals surface area contributed by atoms with E-state index in [2.05, 4.69) is 0 Å². The Labute approximate surface area is 153 Å². The molecule has 0 aromatic heterocycles. The van der Waals surface area contributed by atoms with Gasteiger partial charge in [-0.15, -0.1) is 11.8 Å². The average Bonchev–Trinajstić information content (AvgIpc) is 2.78. The van der Waals surface area contributed by atoms with E-state index in [1.54, 1.807) is 13.2 Å². The lowest BCUT2D eigenvalue weighted by Crippen LogP contribution is -2.35. The second-order valence-corrected chi connectivity index (χ2v) is 7.84. The van der Waals surface area contributed by atoms with Gasteiger partial charge >= 0.3 is 0 Å². The number of benzene rings is 1. The zero-order chi connectivity index (χ0) is 18.6. The number of amides is 2. The molecule has 0 saturated heterocycles. The number of thioether (sulfide) groups is 1. The molecule has 1 aromatic carbocycles. The van der Waals surface area contributed by atoms with Gasteiger partial charge in [-0.05, 0) is 19.9 Å². The highest BCUT2D eigenvalue weighted by molar-refractivity contribution is 8.04. The van der Waals surface area contributed by atoms with Crippen LogP contribution in [0.4, 0.5) is 0 Å². The molecule has 25 heavy (non-hydrogen) atoms. The standard InChI is InChI=1S/C19H25NO4S/c1-12(2)24-11-10-20-18(21)16(17(19(20)22)25-13(3)4)14-8-6-7-9-15(14)23-5/h6-9,12-13H,10-11H2,1-5H3. The van der Waals surface area contributed by atoms with Gasteiger partial charge in [0.1, 0.15) is 5.75 Å². The average molecular weight is 363 g/mol. The lowest BCUT2D eigenvalue weighted by Gasteiger charge is -2.16. The molecule has 0 bridgehead atoms. The SMILES string of the molecule is COc1ccccc1C1=C(SC(C)C)C(=O)N(CCOC(C)C)C1=O. The van der Waals surface area contributed by atoms with Crippen molar-refractivity contribution in [2.45, 2.75) is 39.0 Å². The van der Waals surface area contributed by atoms with Gasteiger partial charge in [0.25, 0.3) is 11.8 Å². The number of carbonyl (C=O) groups excluding carboxylic acids is 2. The minimum atomic E-state index is -0.287. The van der Waals surface area contributed by atoms with Crippen molar-refractivity contribution < 1.29 is 19.1 Å². The second-order valence-electron chi connectivity index (χ2n) is 6.25. The Balaban J connectivity index is 2.39. The molecule has 0 N–H and O–H groups in total. The zero-order valence-electron chi connectivity index (χ0n) is 15.4. The first-order chi connectivity index (χ1) is 11.9. The summed E-state index contributed by atoms with van der Waals surface area (Å²) in [6.07, 6.45) is 0.0546. The number of hydrogen-bond acceptors (Lipinski definition) is 5. The van der Waals surface area contributed by atoms with E-state index in [0.717, 1.165) is 0 Å². The van der Waals surface area contributed by atoms with E-state index in [9.17, 15) is 9.59 Å². The van der Waals surface area contributed by atoms with Gasteiger partial charge < -0.3 is 9.47 Å². The van der Waals surface area contributed by atoms with E-state index in [1.165, 1.54) is 16.7 Å². The molecule has 2 rings (SSSR count). The summed E-state index contributed by atoms with van der Waals surface area (Å²) in [5.41, 5.74) is 1.07. The number of nitrogens with zero attached hydrogens (tertiary/aromatic N) is 1. The zero-order valence-corrected chi connectivity index (χ0v) is 16.2. The molecule has 1 aliphatic heterocycles. The number of hydrogen-bond donors (Lipinski definition) is 0. The number of imide groups is 1. The van der Waals surface area contributed by atoms with Crippen molar-refractivity contribution in [3.05, 3.63) is 34.7 Å². The van der Waals surface area contributed by atoms with Gasteiger partial charge in [-0.2, -0.15) is 0 Å². The van der Waals surface area contributed by atoms with Gasteiger partial charge in [0, 0.05) is 10.8 Å². The third-order valence-electron chi connectivity index (χ3n) is 3.62. The molecule has 5 nitrogen and oxygen atoms in total. The fraction of sp³-hybridized carbons (Fsp3) is 0.474. The number of carbonyl (C=O) groups is 2. The van der Waals surface area contributed by atoms with Crippen molar-refractivity contribution in [2.75, 3.05) is 20.3 Å². The molecule has 1 aromatic rings. The maximum Gasteiger partial charge on any atom is 0.268 e. The van der Waals surface area contributed by atoms with E-state index in [0.29, 0.717) is 28.4 Å². The Morgan fingerprint density at radius 3 is 2.36 bits per heavy atom. The van der Waals surface area contributed by atoms with Crippen LogP contribution < -0.4 is 4.74 Å². The molecular weight excluding hydrogens is 338 g/mol. The first-order valence-electron chi connectivity index (χ1n) is 8.39. The van der Waals surface area contributed by atoms with Crippen LogP contribution >= 0.6 is 11.8 Å². The third-order valence-corrected chi connectivity index (χ3v) is 4.71. The second kappa shape index (κ2) is 8.54. The minimum Gasteiger partial charge on any atom is -0.496 e. The molecule has 0 spiro atoms. The van der Waals surface area contributed by atoms with Crippen molar-refractivity contribution >= 4 is 29.1 Å². The van der Waals surface area contributed by atoms with E-state index in [1.807, 2.05) is 45.9 Å². The predicted octanol–water partition coefficient (Wildman–Crippen LogP) is 3.34. The largest absolute Gasteiger partial charge is 0.496 e. The van der Waals surface area contributed by atoms with Gasteiger partial charge in [0.15, 0.2) is 0 Å². The van der Waals surface area contributed by atoms with Gasteiger partial charge in [0.05, 0.1) is 36.8 Å². The summed E-state index contributed by atoms with van der Waals surface area (Å²) in [7, 11) is 1.56. The number of para-hydroxylation sites is 1. The molecule has 0 radical (unpaired) electrons. The lowest BCUT2D eigenvalue weighted by atomic mass is 10.1. The van der Waals surface area contributed by atoms with Crippen molar-refractivity contribution in [1.82, 2.24) is 4.90 Å². The van der Waals surface area contributed by atoms with E-state index in [4.69, 9.17) is 9.47 Å². The Morgan fingerprint density at radius 1 is 1.08 bits per heavy atom. The summed E-state index contributed by atoms with van der Waals surface area (Å²) in [6, 6.07) is 7.29. The quantitative estimate of drug-likeness (QED) is 0.663. The molecule has 0 aliphatic carbocycles. The number of rotatable bonds is 8. The van der Waals surface area contributed by atoms with Crippen LogP contribution in [0.15, 0.2) is 29.2 Å². The van der Waals surface area contributed by atoms with Crippen LogP contribution in [0, 0.1) is 0 Å². The van der Waals surface area contributed by atoms with Crippen LogP contribution in [0.2, 0.25) is 0 Å². The summed E-state index contributed by atoms with van der Waals surface area (Å²) in [4.78, 5) is 27.6.